The highest BCUT2D eigenvalue weighted by Crippen LogP contribution is 2.14. The quantitative estimate of drug-likeness (QED) is 0.171. The van der Waals surface area contributed by atoms with Crippen LogP contribution in [0, 0.1) is 11.8 Å². The number of nitrogen functional groups attached to an aromatic ring is 1. The Morgan fingerprint density at radius 2 is 2.37 bits per heavy atom. The van der Waals surface area contributed by atoms with Gasteiger partial charge < -0.3 is 10.5 Å². The molecular formula is C13H14N4O2. The van der Waals surface area contributed by atoms with Crippen LogP contribution in [0.25, 0.3) is 10.4 Å². The number of nitrogens with two attached hydrogens (primary N) is 1. The van der Waals surface area contributed by atoms with Crippen molar-refractivity contribution in [3.63, 3.8) is 0 Å². The lowest BCUT2D eigenvalue weighted by Gasteiger charge is -2.03. The molecule has 0 spiro atoms. The number of nitrogens with zero attached hydrogens (tertiary/aromatic N) is 3. The zero-order chi connectivity index (χ0) is 14.1. The van der Waals surface area contributed by atoms with E-state index >= 15 is 0 Å². The van der Waals surface area contributed by atoms with Crippen LogP contribution >= 0.6 is 0 Å². The van der Waals surface area contributed by atoms with Crippen molar-refractivity contribution in [2.75, 3.05) is 18.9 Å². The Labute approximate surface area is 111 Å². The minimum absolute atomic E-state index is 0.307. The third kappa shape index (κ3) is 4.62. The fourth-order valence-electron chi connectivity index (χ4n) is 1.31. The summed E-state index contributed by atoms with van der Waals surface area (Å²) < 4.78 is 4.90. The van der Waals surface area contributed by atoms with E-state index in [0.29, 0.717) is 36.4 Å². The number of rotatable bonds is 4. The van der Waals surface area contributed by atoms with E-state index in [9.17, 15) is 4.79 Å². The van der Waals surface area contributed by atoms with E-state index in [0.717, 1.165) is 0 Å². The molecule has 0 unspecified atom stereocenters. The summed E-state index contributed by atoms with van der Waals surface area (Å²) in [5.41, 5.74) is 15.3. The molecule has 0 fully saturated rings. The molecule has 98 valence electrons. The van der Waals surface area contributed by atoms with Gasteiger partial charge in [-0.1, -0.05) is 17.0 Å². The molecule has 19 heavy (non-hydrogen) atoms. The lowest BCUT2D eigenvalue weighted by molar-refractivity contribution is 0.0526. The van der Waals surface area contributed by atoms with Crippen molar-refractivity contribution in [3.8, 4) is 11.8 Å². The van der Waals surface area contributed by atoms with Crippen molar-refractivity contribution in [2.24, 2.45) is 5.11 Å². The molecule has 0 atom stereocenters. The molecule has 0 aliphatic rings. The van der Waals surface area contributed by atoms with E-state index in [4.69, 9.17) is 16.0 Å². The van der Waals surface area contributed by atoms with E-state index in [2.05, 4.69) is 21.9 Å². The molecule has 0 saturated heterocycles. The highest BCUT2D eigenvalue weighted by atomic mass is 16.5. The van der Waals surface area contributed by atoms with Gasteiger partial charge in [-0.05, 0) is 30.7 Å². The SMILES string of the molecule is CCOC(=O)c1ccc(N)c(C#CCCN=[N+]=[N-])c1. The van der Waals surface area contributed by atoms with Crippen LogP contribution in [-0.2, 0) is 4.74 Å². The zero-order valence-electron chi connectivity index (χ0n) is 10.6. The molecule has 0 aromatic heterocycles. The first kappa shape index (κ1) is 14.4. The second-order valence-corrected chi connectivity index (χ2v) is 3.53. The zero-order valence-corrected chi connectivity index (χ0v) is 10.6. The fourth-order valence-corrected chi connectivity index (χ4v) is 1.31. The smallest absolute Gasteiger partial charge is 0.338 e. The molecule has 0 radical (unpaired) electrons. The van der Waals surface area contributed by atoms with Crippen LogP contribution < -0.4 is 5.73 Å². The molecule has 6 nitrogen and oxygen atoms in total. The van der Waals surface area contributed by atoms with Crippen LogP contribution in [0.3, 0.4) is 0 Å². The Kier molecular flexibility index (Phi) is 5.80. The average Bonchev–Trinajstić information content (AvgIpc) is 2.40. The van der Waals surface area contributed by atoms with E-state index < -0.39 is 5.97 Å². The second kappa shape index (κ2) is 7.64. The van der Waals surface area contributed by atoms with Crippen LogP contribution in [0.2, 0.25) is 0 Å². The van der Waals surface area contributed by atoms with Crippen LogP contribution in [0.5, 0.6) is 0 Å². The minimum atomic E-state index is -0.403. The van der Waals surface area contributed by atoms with Crippen molar-refractivity contribution in [3.05, 3.63) is 39.8 Å². The molecule has 0 saturated carbocycles. The first-order valence-corrected chi connectivity index (χ1v) is 5.75. The van der Waals surface area contributed by atoms with Gasteiger partial charge in [0, 0.05) is 29.1 Å². The Morgan fingerprint density at radius 1 is 1.58 bits per heavy atom. The average molecular weight is 258 g/mol. The molecule has 0 heterocycles. The number of carbonyl (C=O) groups excluding carboxylic acids is 1. The number of anilines is 1. The number of hydrogen-bond donors (Lipinski definition) is 1. The van der Waals surface area contributed by atoms with E-state index in [-0.39, 0.29) is 0 Å². The maximum absolute atomic E-state index is 11.6. The summed E-state index contributed by atoms with van der Waals surface area (Å²) in [7, 11) is 0. The molecule has 1 aromatic rings. The first-order valence-electron chi connectivity index (χ1n) is 5.75. The van der Waals surface area contributed by atoms with E-state index in [1.165, 1.54) is 0 Å². The number of ether oxygens (including phenoxy) is 1. The summed E-state index contributed by atoms with van der Waals surface area (Å²) in [5.74, 6) is 5.27. The molecule has 6 heteroatoms. The van der Waals surface area contributed by atoms with Gasteiger partial charge in [0.2, 0.25) is 0 Å². The molecule has 1 aromatic carbocycles. The van der Waals surface area contributed by atoms with Gasteiger partial charge in [0.25, 0.3) is 0 Å². The van der Waals surface area contributed by atoms with Crippen molar-refractivity contribution in [1.29, 1.82) is 0 Å². The van der Waals surface area contributed by atoms with Crippen LogP contribution in [0.15, 0.2) is 23.3 Å². The number of azide groups is 1. The predicted octanol–water partition coefficient (Wildman–Crippen LogP) is 2.50. The molecule has 2 N–H and O–H groups in total. The maximum atomic E-state index is 11.6. The van der Waals surface area contributed by atoms with Crippen molar-refractivity contribution < 1.29 is 9.53 Å². The first-order chi connectivity index (χ1) is 9.19. The molecule has 0 bridgehead atoms. The largest absolute Gasteiger partial charge is 0.462 e. The summed E-state index contributed by atoms with van der Waals surface area (Å²) in [6.07, 6.45) is 0.438. The molecule has 0 amide bonds. The topological polar surface area (TPSA) is 101 Å². The van der Waals surface area contributed by atoms with Crippen LogP contribution in [0.4, 0.5) is 5.69 Å². The lowest BCUT2D eigenvalue weighted by atomic mass is 10.1. The van der Waals surface area contributed by atoms with Gasteiger partial charge in [-0.2, -0.15) is 0 Å². The summed E-state index contributed by atoms with van der Waals surface area (Å²) in [6.45, 7) is 2.36. The monoisotopic (exact) mass is 258 g/mol. The number of benzene rings is 1. The third-order valence-corrected chi connectivity index (χ3v) is 2.19. The van der Waals surface area contributed by atoms with E-state index in [1.54, 1.807) is 25.1 Å². The third-order valence-electron chi connectivity index (χ3n) is 2.19. The second-order valence-electron chi connectivity index (χ2n) is 3.53. The highest BCUT2D eigenvalue weighted by Gasteiger charge is 2.07. The van der Waals surface area contributed by atoms with Crippen LogP contribution in [-0.4, -0.2) is 19.1 Å². The van der Waals surface area contributed by atoms with Crippen molar-refractivity contribution >= 4 is 11.7 Å². The number of carbonyl (C=O) groups is 1. The number of esters is 1. The molecule has 0 aliphatic heterocycles. The van der Waals surface area contributed by atoms with Gasteiger partial charge in [0.1, 0.15) is 0 Å². The van der Waals surface area contributed by atoms with E-state index in [1.807, 2.05) is 0 Å². The predicted molar refractivity (Wildman–Crippen MR) is 72.3 cm³/mol. The standard InChI is InChI=1S/C13H14N4O2/c1-2-19-13(18)11-6-7-12(14)10(9-11)5-3-4-8-16-17-15/h6-7,9H,2,4,8,14H2,1H3. The Morgan fingerprint density at radius 3 is 3.05 bits per heavy atom. The summed E-state index contributed by atoms with van der Waals surface area (Å²) >= 11 is 0. The fraction of sp³-hybridized carbons (Fsp3) is 0.308. The Hall–Kier alpha value is -2.64. The van der Waals surface area contributed by atoms with Crippen molar-refractivity contribution in [2.45, 2.75) is 13.3 Å². The summed E-state index contributed by atoms with van der Waals surface area (Å²) in [6, 6.07) is 4.80. The lowest BCUT2D eigenvalue weighted by Crippen LogP contribution is -2.05. The summed E-state index contributed by atoms with van der Waals surface area (Å²) in [4.78, 5) is 14.2. The van der Waals surface area contributed by atoms with Gasteiger partial charge >= 0.3 is 5.97 Å². The molecule has 0 aliphatic carbocycles. The van der Waals surface area contributed by atoms with Gasteiger partial charge in [0.15, 0.2) is 0 Å². The minimum Gasteiger partial charge on any atom is -0.462 e. The Bertz CT molecular complexity index is 566. The normalized spacial score (nSPS) is 8.89. The van der Waals surface area contributed by atoms with Gasteiger partial charge in [-0.25, -0.2) is 4.79 Å². The maximum Gasteiger partial charge on any atom is 0.338 e. The molecular weight excluding hydrogens is 244 g/mol. The van der Waals surface area contributed by atoms with Gasteiger partial charge in [-0.15, -0.1) is 0 Å². The van der Waals surface area contributed by atoms with Crippen molar-refractivity contribution in [1.82, 2.24) is 0 Å². The highest BCUT2D eigenvalue weighted by molar-refractivity contribution is 5.90. The Balaban J connectivity index is 2.85. The van der Waals surface area contributed by atoms with Crippen LogP contribution in [0.1, 0.15) is 29.3 Å². The summed E-state index contributed by atoms with van der Waals surface area (Å²) in [5, 5.41) is 3.37. The van der Waals surface area contributed by atoms with Gasteiger partial charge in [-0.3, -0.25) is 0 Å². The van der Waals surface area contributed by atoms with Gasteiger partial charge in [0.05, 0.1) is 12.2 Å². The number of hydrogen-bond acceptors (Lipinski definition) is 4. The molecule has 1 rings (SSSR count).